The summed E-state index contributed by atoms with van der Waals surface area (Å²) in [5, 5.41) is 12.6. The van der Waals surface area contributed by atoms with Crippen LogP contribution in [0.15, 0.2) is 42.5 Å². The molecular formula is C17H18N2O2. The zero-order valence-corrected chi connectivity index (χ0v) is 12.4. The molecule has 0 radical (unpaired) electrons. The summed E-state index contributed by atoms with van der Waals surface area (Å²) in [7, 11) is 3.17. The number of nitriles is 1. The van der Waals surface area contributed by atoms with Crippen molar-refractivity contribution in [3.8, 4) is 17.6 Å². The molecule has 0 aliphatic heterocycles. The van der Waals surface area contributed by atoms with Gasteiger partial charge in [-0.25, -0.2) is 0 Å². The first-order valence-electron chi connectivity index (χ1n) is 6.62. The van der Waals surface area contributed by atoms with Crippen LogP contribution in [0.4, 0.5) is 5.69 Å². The molecule has 21 heavy (non-hydrogen) atoms. The van der Waals surface area contributed by atoms with Crippen LogP contribution < -0.4 is 14.8 Å². The van der Waals surface area contributed by atoms with Crippen LogP contribution in [-0.2, 0) is 0 Å². The van der Waals surface area contributed by atoms with E-state index >= 15 is 0 Å². The second-order valence-corrected chi connectivity index (χ2v) is 4.69. The number of ether oxygens (including phenoxy) is 2. The Hall–Kier alpha value is -2.67. The number of rotatable bonds is 5. The van der Waals surface area contributed by atoms with Crippen molar-refractivity contribution in [2.24, 2.45) is 0 Å². The van der Waals surface area contributed by atoms with Gasteiger partial charge in [0.1, 0.15) is 6.04 Å². The minimum atomic E-state index is -0.451. The lowest BCUT2D eigenvalue weighted by molar-refractivity contribution is 0.354. The van der Waals surface area contributed by atoms with Crippen molar-refractivity contribution in [1.82, 2.24) is 0 Å². The van der Waals surface area contributed by atoms with E-state index in [4.69, 9.17) is 9.47 Å². The first-order chi connectivity index (χ1) is 10.2. The minimum absolute atomic E-state index is 0.451. The van der Waals surface area contributed by atoms with Crippen LogP contribution in [0, 0.1) is 18.3 Å². The number of nitrogens with one attached hydrogen (secondary N) is 1. The molecule has 0 heterocycles. The molecule has 0 aliphatic carbocycles. The minimum Gasteiger partial charge on any atom is -0.493 e. The van der Waals surface area contributed by atoms with Crippen LogP contribution in [0.3, 0.4) is 0 Å². The lowest BCUT2D eigenvalue weighted by atomic mass is 10.1. The van der Waals surface area contributed by atoms with Gasteiger partial charge >= 0.3 is 0 Å². The van der Waals surface area contributed by atoms with E-state index in [0.29, 0.717) is 11.5 Å². The Balaban J connectivity index is 2.25. The highest BCUT2D eigenvalue weighted by molar-refractivity contribution is 5.51. The zero-order valence-electron chi connectivity index (χ0n) is 12.4. The van der Waals surface area contributed by atoms with E-state index < -0.39 is 6.04 Å². The van der Waals surface area contributed by atoms with Gasteiger partial charge in [0.05, 0.1) is 20.3 Å². The topological polar surface area (TPSA) is 54.3 Å². The number of hydrogen-bond acceptors (Lipinski definition) is 4. The van der Waals surface area contributed by atoms with E-state index in [1.807, 2.05) is 43.3 Å². The number of methoxy groups -OCH3 is 2. The van der Waals surface area contributed by atoms with Gasteiger partial charge in [0.2, 0.25) is 0 Å². The molecule has 1 unspecified atom stereocenters. The molecule has 108 valence electrons. The maximum atomic E-state index is 9.40. The van der Waals surface area contributed by atoms with Gasteiger partial charge in [-0.05, 0) is 36.8 Å². The maximum Gasteiger partial charge on any atom is 0.161 e. The lowest BCUT2D eigenvalue weighted by Crippen LogP contribution is -2.08. The lowest BCUT2D eigenvalue weighted by Gasteiger charge is -2.15. The van der Waals surface area contributed by atoms with Gasteiger partial charge in [0.25, 0.3) is 0 Å². The SMILES string of the molecule is COc1ccc(C(C#N)Nc2ccc(C)cc2)cc1OC. The highest BCUT2D eigenvalue weighted by Gasteiger charge is 2.13. The molecule has 0 bridgehead atoms. The third-order valence-corrected chi connectivity index (χ3v) is 3.23. The molecule has 0 saturated carbocycles. The van der Waals surface area contributed by atoms with Crippen molar-refractivity contribution in [2.45, 2.75) is 13.0 Å². The molecule has 4 nitrogen and oxygen atoms in total. The van der Waals surface area contributed by atoms with Gasteiger partial charge < -0.3 is 14.8 Å². The van der Waals surface area contributed by atoms with E-state index in [1.54, 1.807) is 20.3 Å². The molecule has 1 atom stereocenters. The Labute approximate surface area is 124 Å². The van der Waals surface area contributed by atoms with Crippen LogP contribution in [0.2, 0.25) is 0 Å². The summed E-state index contributed by atoms with van der Waals surface area (Å²) in [5.41, 5.74) is 2.91. The van der Waals surface area contributed by atoms with Gasteiger partial charge in [0, 0.05) is 5.69 Å². The fourth-order valence-corrected chi connectivity index (χ4v) is 2.04. The van der Waals surface area contributed by atoms with Crippen molar-refractivity contribution >= 4 is 5.69 Å². The summed E-state index contributed by atoms with van der Waals surface area (Å²) in [6.07, 6.45) is 0. The first kappa shape index (κ1) is 14.7. The molecule has 0 aliphatic rings. The molecule has 0 saturated heterocycles. The van der Waals surface area contributed by atoms with Gasteiger partial charge in [0.15, 0.2) is 11.5 Å². The molecule has 2 aromatic rings. The summed E-state index contributed by atoms with van der Waals surface area (Å²) in [5.74, 6) is 1.26. The van der Waals surface area contributed by atoms with Crippen molar-refractivity contribution < 1.29 is 9.47 Å². The number of aryl methyl sites for hydroxylation is 1. The van der Waals surface area contributed by atoms with Crippen LogP contribution in [0.25, 0.3) is 0 Å². The van der Waals surface area contributed by atoms with Crippen molar-refractivity contribution in [3.63, 3.8) is 0 Å². The number of anilines is 1. The normalized spacial score (nSPS) is 11.3. The smallest absolute Gasteiger partial charge is 0.161 e. The van der Waals surface area contributed by atoms with Crippen molar-refractivity contribution in [2.75, 3.05) is 19.5 Å². The highest BCUT2D eigenvalue weighted by atomic mass is 16.5. The van der Waals surface area contributed by atoms with E-state index in [1.165, 1.54) is 5.56 Å². The highest BCUT2D eigenvalue weighted by Crippen LogP contribution is 2.31. The number of benzene rings is 2. The van der Waals surface area contributed by atoms with Gasteiger partial charge in [-0.2, -0.15) is 5.26 Å². The van der Waals surface area contributed by atoms with E-state index in [-0.39, 0.29) is 0 Å². The van der Waals surface area contributed by atoms with Gasteiger partial charge in [-0.3, -0.25) is 0 Å². The van der Waals surface area contributed by atoms with Gasteiger partial charge in [-0.15, -0.1) is 0 Å². The van der Waals surface area contributed by atoms with Crippen LogP contribution in [-0.4, -0.2) is 14.2 Å². The number of nitrogens with zero attached hydrogens (tertiary/aromatic N) is 1. The predicted molar refractivity (Wildman–Crippen MR) is 82.7 cm³/mol. The summed E-state index contributed by atoms with van der Waals surface area (Å²) in [4.78, 5) is 0. The largest absolute Gasteiger partial charge is 0.493 e. The molecule has 0 fully saturated rings. The molecule has 0 aromatic heterocycles. The van der Waals surface area contributed by atoms with E-state index in [9.17, 15) is 5.26 Å². The van der Waals surface area contributed by atoms with Crippen molar-refractivity contribution in [3.05, 3.63) is 53.6 Å². The van der Waals surface area contributed by atoms with E-state index in [0.717, 1.165) is 11.3 Å². The van der Waals surface area contributed by atoms with Crippen molar-refractivity contribution in [1.29, 1.82) is 5.26 Å². The third kappa shape index (κ3) is 3.46. The second-order valence-electron chi connectivity index (χ2n) is 4.69. The molecule has 2 aromatic carbocycles. The molecular weight excluding hydrogens is 264 g/mol. The summed E-state index contributed by atoms with van der Waals surface area (Å²) < 4.78 is 10.5. The average Bonchev–Trinajstić information content (AvgIpc) is 2.53. The molecule has 1 N–H and O–H groups in total. The summed E-state index contributed by atoms with van der Waals surface area (Å²) in [6.45, 7) is 2.03. The monoisotopic (exact) mass is 282 g/mol. The fraction of sp³-hybridized carbons (Fsp3) is 0.235. The fourth-order valence-electron chi connectivity index (χ4n) is 2.04. The average molecular weight is 282 g/mol. The second kappa shape index (κ2) is 6.67. The quantitative estimate of drug-likeness (QED) is 0.908. The molecule has 0 spiro atoms. The predicted octanol–water partition coefficient (Wildman–Crippen LogP) is 3.69. The van der Waals surface area contributed by atoms with Crippen LogP contribution in [0.1, 0.15) is 17.2 Å². The molecule has 0 amide bonds. The van der Waals surface area contributed by atoms with Crippen LogP contribution in [0.5, 0.6) is 11.5 Å². The van der Waals surface area contributed by atoms with Gasteiger partial charge in [-0.1, -0.05) is 23.8 Å². The Morgan fingerprint density at radius 3 is 2.24 bits per heavy atom. The Morgan fingerprint density at radius 2 is 1.67 bits per heavy atom. The maximum absolute atomic E-state index is 9.40. The third-order valence-electron chi connectivity index (χ3n) is 3.23. The number of hydrogen-bond donors (Lipinski definition) is 1. The van der Waals surface area contributed by atoms with E-state index in [2.05, 4.69) is 11.4 Å². The Morgan fingerprint density at radius 1 is 1.00 bits per heavy atom. The molecule has 2 rings (SSSR count). The zero-order chi connectivity index (χ0) is 15.2. The summed E-state index contributed by atoms with van der Waals surface area (Å²) >= 11 is 0. The first-order valence-corrected chi connectivity index (χ1v) is 6.62. The Kier molecular flexibility index (Phi) is 4.68. The molecule has 4 heteroatoms. The standard InChI is InChI=1S/C17H18N2O2/c1-12-4-7-14(8-5-12)19-15(11-18)13-6-9-16(20-2)17(10-13)21-3/h4-10,15,19H,1-3H3. The Bertz CT molecular complexity index is 645. The summed E-state index contributed by atoms with van der Waals surface area (Å²) in [6, 6.07) is 15.2. The van der Waals surface area contributed by atoms with Crippen LogP contribution >= 0.6 is 0 Å².